The van der Waals surface area contributed by atoms with Crippen molar-refractivity contribution in [2.24, 2.45) is 0 Å². The Balaban J connectivity index is 1.44. The topological polar surface area (TPSA) is 57.7 Å². The average Bonchev–Trinajstić information content (AvgIpc) is 3.42. The predicted molar refractivity (Wildman–Crippen MR) is 118 cm³/mol. The summed E-state index contributed by atoms with van der Waals surface area (Å²) in [7, 11) is 1.34. The summed E-state index contributed by atoms with van der Waals surface area (Å²) in [5, 5.41) is 0. The molecule has 2 atom stereocenters. The lowest BCUT2D eigenvalue weighted by molar-refractivity contribution is -0.141. The van der Waals surface area contributed by atoms with Gasteiger partial charge in [0.25, 0.3) is 0 Å². The number of ether oxygens (including phenoxy) is 3. The van der Waals surface area contributed by atoms with E-state index < -0.39 is 23.8 Å². The Labute approximate surface area is 198 Å². The quantitative estimate of drug-likeness (QED) is 0.251. The van der Waals surface area contributed by atoms with Gasteiger partial charge in [-0.25, -0.2) is 4.98 Å². The van der Waals surface area contributed by atoms with Crippen LogP contribution in [0.4, 0.5) is 17.6 Å². The number of esters is 1. The molecule has 0 unspecified atom stereocenters. The third-order valence-electron chi connectivity index (χ3n) is 6.46. The molecule has 0 amide bonds. The maximum absolute atomic E-state index is 13.8. The molecule has 5 nitrogen and oxygen atoms in total. The largest absolute Gasteiger partial charge is 0.492 e. The first kappa shape index (κ1) is 23.1. The van der Waals surface area contributed by atoms with Crippen molar-refractivity contribution < 1.29 is 36.6 Å². The second-order valence-corrected chi connectivity index (χ2v) is 8.56. The molecule has 0 radical (unpaired) electrons. The molecular weight excluding hydrogens is 466 g/mol. The van der Waals surface area contributed by atoms with Gasteiger partial charge in [-0.3, -0.25) is 4.79 Å². The Hall–Kier alpha value is -3.62. The number of fused-ring (bicyclic) bond motifs is 2. The number of aromatic nitrogens is 1. The van der Waals surface area contributed by atoms with Crippen molar-refractivity contribution in [3.05, 3.63) is 76.9 Å². The number of methoxy groups -OCH3 is 1. The molecule has 2 heterocycles. The second-order valence-electron chi connectivity index (χ2n) is 8.56. The first-order valence-corrected chi connectivity index (χ1v) is 11.1. The van der Waals surface area contributed by atoms with E-state index in [4.69, 9.17) is 14.2 Å². The van der Waals surface area contributed by atoms with Crippen molar-refractivity contribution in [2.75, 3.05) is 13.7 Å². The minimum Gasteiger partial charge on any atom is -0.492 e. The number of alkyl halides is 3. The highest BCUT2D eigenvalue weighted by Crippen LogP contribution is 2.47. The maximum Gasteiger partial charge on any atom is 0.417 e. The Kier molecular flexibility index (Phi) is 5.86. The number of benzene rings is 2. The van der Waals surface area contributed by atoms with Crippen LogP contribution in [-0.2, 0) is 22.1 Å². The van der Waals surface area contributed by atoms with Crippen molar-refractivity contribution in [3.8, 4) is 22.6 Å². The van der Waals surface area contributed by atoms with Crippen LogP contribution in [-0.4, -0.2) is 24.7 Å². The normalized spacial score (nSPS) is 18.5. The maximum atomic E-state index is 13.8. The minimum atomic E-state index is -4.57. The van der Waals surface area contributed by atoms with E-state index in [0.29, 0.717) is 42.1 Å². The summed E-state index contributed by atoms with van der Waals surface area (Å²) >= 11 is 0. The molecule has 2 aromatic carbocycles. The number of carbonyl (C=O) groups excluding carboxylic acids is 1. The van der Waals surface area contributed by atoms with E-state index in [2.05, 4.69) is 4.98 Å². The van der Waals surface area contributed by atoms with Gasteiger partial charge in [0.2, 0.25) is 5.95 Å². The third kappa shape index (κ3) is 4.42. The molecule has 5 rings (SSSR count). The van der Waals surface area contributed by atoms with Gasteiger partial charge in [-0.1, -0.05) is 12.1 Å². The van der Waals surface area contributed by atoms with Gasteiger partial charge in [-0.2, -0.15) is 17.6 Å². The number of nitrogens with zero attached hydrogens (tertiary/aromatic N) is 1. The van der Waals surface area contributed by atoms with Crippen LogP contribution in [0.5, 0.6) is 11.5 Å². The second kappa shape index (κ2) is 8.87. The van der Waals surface area contributed by atoms with Crippen molar-refractivity contribution in [3.63, 3.8) is 0 Å². The zero-order chi connectivity index (χ0) is 24.7. The lowest BCUT2D eigenvalue weighted by Crippen LogP contribution is -2.10. The molecule has 1 aliphatic heterocycles. The standard InChI is InChI=1S/C26H21F4NO4/c1-33-24(32)10-15-13-34-22-11-16(3-4-17(15)22)35-21-8-6-19-18(21)5-7-20(26(28,29)30)25(19)14-2-9-23(27)31-12-14/h2-5,7,9,11-12,15,21H,6,8,10,13H2,1H3/t15-,21-/m1/s1. The fraction of sp³-hybridized carbons (Fsp3) is 0.308. The summed E-state index contributed by atoms with van der Waals surface area (Å²) in [5.41, 5.74) is 1.50. The van der Waals surface area contributed by atoms with Crippen molar-refractivity contribution in [1.29, 1.82) is 0 Å². The Morgan fingerprint density at radius 2 is 1.94 bits per heavy atom. The van der Waals surface area contributed by atoms with E-state index in [0.717, 1.165) is 23.9 Å². The van der Waals surface area contributed by atoms with E-state index in [1.54, 1.807) is 12.1 Å². The highest BCUT2D eigenvalue weighted by molar-refractivity contribution is 5.74. The lowest BCUT2D eigenvalue weighted by Gasteiger charge is -2.19. The van der Waals surface area contributed by atoms with Crippen LogP contribution in [0.1, 0.15) is 47.1 Å². The zero-order valence-electron chi connectivity index (χ0n) is 18.7. The molecular formula is C26H21F4NO4. The molecule has 9 heteroatoms. The van der Waals surface area contributed by atoms with E-state index >= 15 is 0 Å². The average molecular weight is 487 g/mol. The highest BCUT2D eigenvalue weighted by atomic mass is 19.4. The van der Waals surface area contributed by atoms with Gasteiger partial charge in [0.05, 0.1) is 25.7 Å². The van der Waals surface area contributed by atoms with E-state index in [9.17, 15) is 22.4 Å². The van der Waals surface area contributed by atoms with Crippen LogP contribution < -0.4 is 9.47 Å². The van der Waals surface area contributed by atoms with Crippen LogP contribution in [0.25, 0.3) is 11.1 Å². The number of pyridine rings is 1. The molecule has 1 aromatic heterocycles. The van der Waals surface area contributed by atoms with Gasteiger partial charge in [0.1, 0.15) is 17.6 Å². The highest BCUT2D eigenvalue weighted by Gasteiger charge is 2.38. The van der Waals surface area contributed by atoms with Crippen LogP contribution in [0, 0.1) is 5.95 Å². The van der Waals surface area contributed by atoms with Gasteiger partial charge in [0, 0.05) is 29.3 Å². The monoisotopic (exact) mass is 487 g/mol. The van der Waals surface area contributed by atoms with Crippen molar-refractivity contribution in [2.45, 2.75) is 37.5 Å². The van der Waals surface area contributed by atoms with Gasteiger partial charge in [-0.15, -0.1) is 0 Å². The number of hydrogen-bond donors (Lipinski definition) is 0. The lowest BCUT2D eigenvalue weighted by atomic mass is 9.92. The van der Waals surface area contributed by atoms with Gasteiger partial charge < -0.3 is 14.2 Å². The van der Waals surface area contributed by atoms with Crippen LogP contribution >= 0.6 is 0 Å². The molecule has 0 fully saturated rings. The zero-order valence-corrected chi connectivity index (χ0v) is 18.7. The number of carbonyl (C=O) groups is 1. The summed E-state index contributed by atoms with van der Waals surface area (Å²) in [6.07, 6.45) is -2.83. The SMILES string of the molecule is COC(=O)C[C@@H]1COc2cc(O[C@@H]3CCc4c3ccc(C(F)(F)F)c4-c3ccc(F)nc3)ccc21. The molecule has 35 heavy (non-hydrogen) atoms. The Bertz CT molecular complexity index is 1270. The summed E-state index contributed by atoms with van der Waals surface area (Å²) in [5.74, 6) is -0.0554. The first-order valence-electron chi connectivity index (χ1n) is 11.1. The van der Waals surface area contributed by atoms with E-state index in [1.165, 1.54) is 19.2 Å². The molecule has 1 aliphatic carbocycles. The molecule has 182 valence electrons. The molecule has 2 aliphatic rings. The molecule has 0 N–H and O–H groups in total. The predicted octanol–water partition coefficient (Wildman–Crippen LogP) is 6.01. The fourth-order valence-corrected chi connectivity index (χ4v) is 4.83. The Morgan fingerprint density at radius 1 is 1.14 bits per heavy atom. The van der Waals surface area contributed by atoms with Gasteiger partial charge in [-0.05, 0) is 53.8 Å². The summed E-state index contributed by atoms with van der Waals surface area (Å²) in [6, 6.07) is 10.2. The smallest absolute Gasteiger partial charge is 0.417 e. The number of halogens is 4. The number of rotatable bonds is 5. The summed E-state index contributed by atoms with van der Waals surface area (Å²) in [4.78, 5) is 15.2. The van der Waals surface area contributed by atoms with Crippen LogP contribution in [0.3, 0.4) is 0 Å². The molecule has 3 aromatic rings. The third-order valence-corrected chi connectivity index (χ3v) is 6.46. The molecule has 0 saturated heterocycles. The van der Waals surface area contributed by atoms with Crippen LogP contribution in [0.2, 0.25) is 0 Å². The van der Waals surface area contributed by atoms with E-state index in [1.807, 2.05) is 6.07 Å². The minimum absolute atomic E-state index is 0.0107. The van der Waals surface area contributed by atoms with Crippen molar-refractivity contribution >= 4 is 5.97 Å². The molecule has 0 bridgehead atoms. The number of hydrogen-bond acceptors (Lipinski definition) is 5. The summed E-state index contributed by atoms with van der Waals surface area (Å²) in [6.45, 7) is 0.357. The fourth-order valence-electron chi connectivity index (χ4n) is 4.83. The first-order chi connectivity index (χ1) is 16.7. The Morgan fingerprint density at radius 3 is 2.66 bits per heavy atom. The van der Waals surface area contributed by atoms with Gasteiger partial charge >= 0.3 is 12.1 Å². The molecule has 0 spiro atoms. The van der Waals surface area contributed by atoms with Crippen LogP contribution in [0.15, 0.2) is 48.7 Å². The van der Waals surface area contributed by atoms with E-state index in [-0.39, 0.29) is 29.4 Å². The summed E-state index contributed by atoms with van der Waals surface area (Å²) < 4.78 is 71.4. The van der Waals surface area contributed by atoms with Gasteiger partial charge in [0.15, 0.2) is 0 Å². The van der Waals surface area contributed by atoms with Crippen molar-refractivity contribution in [1.82, 2.24) is 4.98 Å². The molecule has 0 saturated carbocycles.